The Hall–Kier alpha value is -1.59. The number of rotatable bonds is 6. The van der Waals surface area contributed by atoms with Crippen molar-refractivity contribution in [3.63, 3.8) is 0 Å². The molecular weight excluding hydrogens is 414 g/mol. The summed E-state index contributed by atoms with van der Waals surface area (Å²) in [4.78, 5) is 5.74. The first-order valence-electron chi connectivity index (χ1n) is 12.7. The van der Waals surface area contributed by atoms with Gasteiger partial charge in [-0.25, -0.2) is 0 Å². The van der Waals surface area contributed by atoms with Crippen LogP contribution < -0.4 is 4.74 Å². The molecule has 1 aromatic carbocycles. The summed E-state index contributed by atoms with van der Waals surface area (Å²) < 4.78 is 5.24. The number of aliphatic hydroxyl groups is 2. The van der Waals surface area contributed by atoms with Crippen LogP contribution in [-0.4, -0.2) is 40.3 Å². The van der Waals surface area contributed by atoms with Crippen LogP contribution in [-0.2, 0) is 4.84 Å². The molecule has 0 unspecified atom stereocenters. The smallest absolute Gasteiger partial charge is 0.161 e. The summed E-state index contributed by atoms with van der Waals surface area (Å²) in [6, 6.07) is 7.78. The van der Waals surface area contributed by atoms with Gasteiger partial charge in [0.2, 0.25) is 0 Å². The van der Waals surface area contributed by atoms with Crippen LogP contribution in [0.3, 0.4) is 0 Å². The van der Waals surface area contributed by atoms with Crippen molar-refractivity contribution in [1.29, 1.82) is 0 Å². The molecule has 6 atom stereocenters. The quantitative estimate of drug-likeness (QED) is 0.574. The Kier molecular flexibility index (Phi) is 6.37. The van der Waals surface area contributed by atoms with E-state index in [1.54, 1.807) is 7.11 Å². The predicted molar refractivity (Wildman–Crippen MR) is 131 cm³/mol. The van der Waals surface area contributed by atoms with Crippen molar-refractivity contribution in [1.82, 2.24) is 0 Å². The van der Waals surface area contributed by atoms with Gasteiger partial charge in [0.05, 0.1) is 18.4 Å². The largest absolute Gasteiger partial charge is 0.497 e. The molecule has 0 bridgehead atoms. The van der Waals surface area contributed by atoms with E-state index in [1.165, 1.54) is 12.8 Å². The van der Waals surface area contributed by atoms with Gasteiger partial charge in [-0.15, -0.1) is 0 Å². The van der Waals surface area contributed by atoms with Gasteiger partial charge in [0, 0.05) is 6.42 Å². The summed E-state index contributed by atoms with van der Waals surface area (Å²) in [5.41, 5.74) is 0.538. The molecule has 0 amide bonds. The average molecular weight is 458 g/mol. The minimum atomic E-state index is -1.01. The van der Waals surface area contributed by atoms with Crippen LogP contribution >= 0.6 is 0 Å². The summed E-state index contributed by atoms with van der Waals surface area (Å²) in [5, 5.41) is 27.2. The van der Waals surface area contributed by atoms with E-state index in [0.29, 0.717) is 24.2 Å². The number of fused-ring (bicyclic) bond motifs is 1. The first-order chi connectivity index (χ1) is 15.4. The van der Waals surface area contributed by atoms with Gasteiger partial charge in [-0.05, 0) is 105 Å². The van der Waals surface area contributed by atoms with Crippen molar-refractivity contribution in [2.45, 2.75) is 103 Å². The third kappa shape index (κ3) is 4.55. The van der Waals surface area contributed by atoms with Gasteiger partial charge in [0.1, 0.15) is 11.4 Å². The number of nitrogens with zero attached hydrogens (tertiary/aromatic N) is 1. The van der Waals surface area contributed by atoms with E-state index in [9.17, 15) is 10.2 Å². The summed E-state index contributed by atoms with van der Waals surface area (Å²) in [6.07, 6.45) is 7.15. The minimum absolute atomic E-state index is 0.0981. The van der Waals surface area contributed by atoms with Gasteiger partial charge in [-0.1, -0.05) is 32.3 Å². The molecule has 2 fully saturated rings. The summed E-state index contributed by atoms with van der Waals surface area (Å²) in [5.74, 6) is 1.58. The standard InChI is InChI=1S/C28H43NO4/c1-25(2)14-7-15-26(3)22(25)12-16-27(4,30)23(26)13-17-28(5,31)24-18-21(29-33-24)19-8-10-20(32-6)11-9-19/h8-11,22-24,30-31H,7,12-18H2,1-6H3/t22-,23+,24+,26-,27-,28-/m1/s1. The number of hydrogen-bond donors (Lipinski definition) is 2. The van der Waals surface area contributed by atoms with Crippen LogP contribution in [0.2, 0.25) is 0 Å². The molecule has 184 valence electrons. The highest BCUT2D eigenvalue weighted by Gasteiger charge is 2.58. The SMILES string of the molecule is COc1ccc(C2=NO[C@H]([C@](C)(O)CC[C@H]3[C@]4(C)CCCC(C)(C)[C@H]4CC[C@@]3(C)O)C2)cc1. The first-order valence-corrected chi connectivity index (χ1v) is 12.7. The van der Waals surface area contributed by atoms with Crippen LogP contribution in [0.5, 0.6) is 5.75 Å². The fraction of sp³-hybridized carbons (Fsp3) is 0.750. The van der Waals surface area contributed by atoms with E-state index < -0.39 is 11.2 Å². The molecule has 5 heteroatoms. The maximum Gasteiger partial charge on any atom is 0.161 e. The van der Waals surface area contributed by atoms with Crippen molar-refractivity contribution in [2.75, 3.05) is 7.11 Å². The fourth-order valence-electron chi connectivity index (χ4n) is 7.53. The molecule has 1 aromatic rings. The molecule has 3 aliphatic rings. The summed E-state index contributed by atoms with van der Waals surface area (Å²) in [6.45, 7) is 11.1. The zero-order chi connectivity index (χ0) is 24.1. The Morgan fingerprint density at radius 2 is 1.82 bits per heavy atom. The van der Waals surface area contributed by atoms with E-state index in [-0.39, 0.29) is 17.4 Å². The number of methoxy groups -OCH3 is 1. The fourth-order valence-corrected chi connectivity index (χ4v) is 7.53. The maximum absolute atomic E-state index is 11.5. The monoisotopic (exact) mass is 457 g/mol. The highest BCUT2D eigenvalue weighted by molar-refractivity contribution is 6.01. The highest BCUT2D eigenvalue weighted by atomic mass is 16.7. The molecule has 1 heterocycles. The number of hydrogen-bond acceptors (Lipinski definition) is 5. The molecule has 0 radical (unpaired) electrons. The van der Waals surface area contributed by atoms with Gasteiger partial charge >= 0.3 is 0 Å². The van der Waals surface area contributed by atoms with E-state index >= 15 is 0 Å². The zero-order valence-corrected chi connectivity index (χ0v) is 21.4. The number of benzene rings is 1. The van der Waals surface area contributed by atoms with Crippen LogP contribution in [0.1, 0.15) is 91.5 Å². The highest BCUT2D eigenvalue weighted by Crippen LogP contribution is 2.63. The Labute approximate surface area is 199 Å². The zero-order valence-electron chi connectivity index (χ0n) is 21.4. The number of ether oxygens (including phenoxy) is 1. The molecule has 2 saturated carbocycles. The van der Waals surface area contributed by atoms with Crippen molar-refractivity contribution in [3.8, 4) is 5.75 Å². The lowest BCUT2D eigenvalue weighted by Gasteiger charge is -2.61. The molecule has 33 heavy (non-hydrogen) atoms. The Morgan fingerprint density at radius 1 is 1.12 bits per heavy atom. The van der Waals surface area contributed by atoms with Crippen molar-refractivity contribution in [3.05, 3.63) is 29.8 Å². The second kappa shape index (κ2) is 8.57. The van der Waals surface area contributed by atoms with Crippen molar-refractivity contribution >= 4 is 5.71 Å². The Balaban J connectivity index is 1.44. The molecular formula is C28H43NO4. The van der Waals surface area contributed by atoms with Gasteiger partial charge < -0.3 is 19.8 Å². The Morgan fingerprint density at radius 3 is 2.48 bits per heavy atom. The summed E-state index contributed by atoms with van der Waals surface area (Å²) in [7, 11) is 1.65. The van der Waals surface area contributed by atoms with E-state index in [0.717, 1.165) is 42.7 Å². The molecule has 2 N–H and O–H groups in total. The number of oxime groups is 1. The lowest BCUT2D eigenvalue weighted by Crippen LogP contribution is -2.58. The molecule has 1 aliphatic heterocycles. The summed E-state index contributed by atoms with van der Waals surface area (Å²) >= 11 is 0. The van der Waals surface area contributed by atoms with Crippen LogP contribution in [0, 0.1) is 22.7 Å². The molecule has 2 aliphatic carbocycles. The second-order valence-electron chi connectivity index (χ2n) is 12.3. The molecule has 5 nitrogen and oxygen atoms in total. The minimum Gasteiger partial charge on any atom is -0.497 e. The van der Waals surface area contributed by atoms with Crippen LogP contribution in [0.25, 0.3) is 0 Å². The van der Waals surface area contributed by atoms with Crippen LogP contribution in [0.4, 0.5) is 0 Å². The Bertz CT molecular complexity index is 872. The maximum atomic E-state index is 11.5. The van der Waals surface area contributed by atoms with Gasteiger partial charge in [-0.2, -0.15) is 0 Å². The van der Waals surface area contributed by atoms with Gasteiger partial charge in [0.25, 0.3) is 0 Å². The van der Waals surface area contributed by atoms with Gasteiger partial charge in [-0.3, -0.25) is 0 Å². The molecule has 0 spiro atoms. The first kappa shape index (κ1) is 24.5. The van der Waals surface area contributed by atoms with Gasteiger partial charge in [0.15, 0.2) is 6.10 Å². The normalized spacial score (nSPS) is 37.5. The van der Waals surface area contributed by atoms with Crippen molar-refractivity contribution < 1.29 is 19.8 Å². The molecule has 0 aromatic heterocycles. The van der Waals surface area contributed by atoms with E-state index in [2.05, 4.69) is 25.9 Å². The lowest BCUT2D eigenvalue weighted by atomic mass is 9.45. The van der Waals surface area contributed by atoms with E-state index in [4.69, 9.17) is 9.57 Å². The third-order valence-corrected chi connectivity index (χ3v) is 9.49. The lowest BCUT2D eigenvalue weighted by molar-refractivity contribution is -0.176. The van der Waals surface area contributed by atoms with E-state index in [1.807, 2.05) is 38.1 Å². The van der Waals surface area contributed by atoms with Crippen molar-refractivity contribution in [2.24, 2.45) is 27.8 Å². The topological polar surface area (TPSA) is 71.3 Å². The average Bonchev–Trinajstić information content (AvgIpc) is 3.23. The predicted octanol–water partition coefficient (Wildman–Crippen LogP) is 5.71. The second-order valence-corrected chi connectivity index (χ2v) is 12.3. The molecule has 0 saturated heterocycles. The third-order valence-electron chi connectivity index (χ3n) is 9.49. The molecule has 4 rings (SSSR count). The van der Waals surface area contributed by atoms with Crippen LogP contribution in [0.15, 0.2) is 29.4 Å².